The van der Waals surface area contributed by atoms with E-state index in [-0.39, 0.29) is 16.1 Å². The molecule has 0 aliphatic heterocycles. The molecular formula is C26H26INO7S. The van der Waals surface area contributed by atoms with E-state index in [9.17, 15) is 13.2 Å². The zero-order valence-corrected chi connectivity index (χ0v) is 23.2. The van der Waals surface area contributed by atoms with Gasteiger partial charge in [-0.2, -0.15) is 0 Å². The van der Waals surface area contributed by atoms with Crippen LogP contribution in [0.25, 0.3) is 11.1 Å². The first-order chi connectivity index (χ1) is 17.3. The fourth-order valence-corrected chi connectivity index (χ4v) is 6.79. The number of ether oxygens (including phenoxy) is 4. The highest BCUT2D eigenvalue weighted by Crippen LogP contribution is 2.52. The molecule has 1 N–H and O–H groups in total. The van der Waals surface area contributed by atoms with Gasteiger partial charge in [-0.3, -0.25) is 4.79 Å². The van der Waals surface area contributed by atoms with Crippen LogP contribution in [0.2, 0.25) is 0 Å². The number of methoxy groups -OCH3 is 4. The molecule has 10 heteroatoms. The van der Waals surface area contributed by atoms with Crippen molar-refractivity contribution in [2.75, 3.05) is 28.4 Å². The molecule has 8 nitrogen and oxygen atoms in total. The molecule has 0 fully saturated rings. The largest absolute Gasteiger partial charge is 0.493 e. The van der Waals surface area contributed by atoms with Crippen LogP contribution in [0, 0.1) is 3.57 Å². The van der Waals surface area contributed by atoms with Gasteiger partial charge < -0.3 is 18.9 Å². The van der Waals surface area contributed by atoms with Crippen molar-refractivity contribution >= 4 is 32.6 Å². The predicted molar refractivity (Wildman–Crippen MR) is 145 cm³/mol. The lowest BCUT2D eigenvalue weighted by Crippen LogP contribution is -2.29. The fraction of sp³-hybridized carbons (Fsp3) is 0.269. The smallest absolute Gasteiger partial charge is 0.241 e. The van der Waals surface area contributed by atoms with E-state index < -0.39 is 16.1 Å². The Bertz CT molecular complexity index is 1460. The first kappa shape index (κ1) is 26.2. The van der Waals surface area contributed by atoms with Crippen LogP contribution in [-0.2, 0) is 16.4 Å². The van der Waals surface area contributed by atoms with E-state index in [1.165, 1.54) is 39.5 Å². The Kier molecular flexibility index (Phi) is 7.76. The number of sulfonamides is 1. The van der Waals surface area contributed by atoms with Gasteiger partial charge >= 0.3 is 0 Å². The number of halogens is 1. The van der Waals surface area contributed by atoms with Gasteiger partial charge in [0.2, 0.25) is 21.2 Å². The summed E-state index contributed by atoms with van der Waals surface area (Å²) in [6, 6.07) is 12.2. The van der Waals surface area contributed by atoms with Gasteiger partial charge in [-0.25, -0.2) is 13.1 Å². The average molecular weight is 623 g/mol. The van der Waals surface area contributed by atoms with E-state index in [4.69, 9.17) is 18.9 Å². The van der Waals surface area contributed by atoms with Crippen molar-refractivity contribution in [1.82, 2.24) is 4.72 Å². The van der Waals surface area contributed by atoms with Gasteiger partial charge in [0.25, 0.3) is 0 Å². The molecule has 0 aromatic heterocycles. The number of benzene rings is 2. The summed E-state index contributed by atoms with van der Waals surface area (Å²) in [5.41, 5.74) is 2.42. The van der Waals surface area contributed by atoms with Gasteiger partial charge in [-0.1, -0.05) is 24.3 Å². The highest BCUT2D eigenvalue weighted by molar-refractivity contribution is 14.1. The van der Waals surface area contributed by atoms with E-state index in [2.05, 4.69) is 27.3 Å². The Labute approximate surface area is 223 Å². The fourth-order valence-electron chi connectivity index (χ4n) is 4.52. The minimum atomic E-state index is -3.87. The Morgan fingerprint density at radius 2 is 1.56 bits per heavy atom. The summed E-state index contributed by atoms with van der Waals surface area (Å²) >= 11 is 2.20. The van der Waals surface area contributed by atoms with E-state index >= 15 is 0 Å². The zero-order chi connectivity index (χ0) is 26.0. The predicted octanol–water partition coefficient (Wildman–Crippen LogP) is 4.32. The average Bonchev–Trinajstić information content (AvgIpc) is 3.13. The highest BCUT2D eigenvalue weighted by Gasteiger charge is 2.33. The molecule has 0 radical (unpaired) electrons. The molecule has 4 rings (SSSR count). The van der Waals surface area contributed by atoms with E-state index in [1.54, 1.807) is 37.4 Å². The van der Waals surface area contributed by atoms with Gasteiger partial charge in [0.15, 0.2) is 17.2 Å². The van der Waals surface area contributed by atoms with Gasteiger partial charge in [0.05, 0.1) is 36.9 Å². The third-order valence-electron chi connectivity index (χ3n) is 6.16. The molecule has 0 spiro atoms. The number of rotatable bonds is 7. The summed E-state index contributed by atoms with van der Waals surface area (Å²) in [6.45, 7) is 0. The molecule has 0 saturated carbocycles. The normalized spacial score (nSPS) is 14.8. The molecule has 0 saturated heterocycles. The van der Waals surface area contributed by atoms with Crippen molar-refractivity contribution < 1.29 is 27.4 Å². The van der Waals surface area contributed by atoms with Gasteiger partial charge in [0.1, 0.15) is 0 Å². The highest BCUT2D eigenvalue weighted by atomic mass is 127. The van der Waals surface area contributed by atoms with Crippen LogP contribution in [0.3, 0.4) is 0 Å². The topological polar surface area (TPSA) is 100 Å². The van der Waals surface area contributed by atoms with Crippen molar-refractivity contribution in [1.29, 1.82) is 0 Å². The Morgan fingerprint density at radius 1 is 0.889 bits per heavy atom. The number of fused-ring (bicyclic) bond motifs is 3. The summed E-state index contributed by atoms with van der Waals surface area (Å²) in [5.74, 6) is 1.53. The molecule has 0 unspecified atom stereocenters. The molecule has 1 aliphatic carbocycles. The first-order valence-corrected chi connectivity index (χ1v) is 13.6. The van der Waals surface area contributed by atoms with Gasteiger partial charge in [-0.05, 0) is 76.4 Å². The summed E-state index contributed by atoms with van der Waals surface area (Å²) in [7, 11) is 2.17. The molecule has 1 aliphatic rings. The van der Waals surface area contributed by atoms with E-state index in [0.29, 0.717) is 46.8 Å². The molecular weight excluding hydrogens is 597 g/mol. The SMILES string of the molecule is COc1c(I)c2c(c(OC)c1OC)-c1ccc(OC)c(=O)cc1[C@@H](NS(=O)(=O)c1ccccc1)CC2. The molecule has 1 atom stereocenters. The number of hydrogen-bond donors (Lipinski definition) is 1. The summed E-state index contributed by atoms with van der Waals surface area (Å²) in [4.78, 5) is 13.1. The quantitative estimate of drug-likeness (QED) is 0.392. The second kappa shape index (κ2) is 10.7. The van der Waals surface area contributed by atoms with Crippen molar-refractivity contribution in [3.63, 3.8) is 0 Å². The minimum Gasteiger partial charge on any atom is -0.493 e. The van der Waals surface area contributed by atoms with Crippen LogP contribution in [0.5, 0.6) is 23.0 Å². The first-order valence-electron chi connectivity index (χ1n) is 11.1. The third-order valence-corrected chi connectivity index (χ3v) is 8.79. The molecule has 0 amide bonds. The molecule has 36 heavy (non-hydrogen) atoms. The van der Waals surface area contributed by atoms with Crippen LogP contribution in [0.15, 0.2) is 58.2 Å². The van der Waals surface area contributed by atoms with Gasteiger partial charge in [-0.15, -0.1) is 0 Å². The van der Waals surface area contributed by atoms with Crippen LogP contribution in [-0.4, -0.2) is 36.9 Å². The van der Waals surface area contributed by atoms with Crippen molar-refractivity contribution in [3.8, 4) is 34.1 Å². The van der Waals surface area contributed by atoms with Gasteiger partial charge in [0, 0.05) is 11.6 Å². The monoisotopic (exact) mass is 623 g/mol. The third kappa shape index (κ3) is 4.64. The maximum Gasteiger partial charge on any atom is 0.241 e. The van der Waals surface area contributed by atoms with Crippen LogP contribution in [0.4, 0.5) is 0 Å². The molecule has 190 valence electrons. The van der Waals surface area contributed by atoms with E-state index in [1.807, 2.05) is 0 Å². The second-order valence-corrected chi connectivity index (χ2v) is 10.9. The van der Waals surface area contributed by atoms with Crippen LogP contribution < -0.4 is 29.1 Å². The molecule has 3 aromatic carbocycles. The lowest BCUT2D eigenvalue weighted by Gasteiger charge is -2.21. The Balaban J connectivity index is 2.03. The lowest BCUT2D eigenvalue weighted by molar-refractivity contribution is 0.323. The van der Waals surface area contributed by atoms with Crippen molar-refractivity contribution in [2.45, 2.75) is 23.8 Å². The molecule has 0 bridgehead atoms. The van der Waals surface area contributed by atoms with Crippen LogP contribution >= 0.6 is 22.6 Å². The number of hydrogen-bond acceptors (Lipinski definition) is 7. The number of nitrogens with one attached hydrogen (secondary N) is 1. The summed E-state index contributed by atoms with van der Waals surface area (Å²) in [6.07, 6.45) is 0.891. The summed E-state index contributed by atoms with van der Waals surface area (Å²) in [5, 5.41) is 0. The lowest BCUT2D eigenvalue weighted by atomic mass is 9.95. The van der Waals surface area contributed by atoms with Crippen LogP contribution in [0.1, 0.15) is 23.6 Å². The maximum absolute atomic E-state index is 13.3. The minimum absolute atomic E-state index is 0.142. The second-order valence-electron chi connectivity index (χ2n) is 8.07. The standard InChI is InChI=1S/C26H26INO7S/c1-32-21-13-11-16-18(14-20(21)29)19(28-36(30,31)15-8-6-5-7-9-15)12-10-17-22(16)24(33-2)26(35-4)25(34-3)23(17)27/h5-9,11,13-14,19,28H,10,12H2,1-4H3/t19-/m0/s1. The maximum atomic E-state index is 13.3. The summed E-state index contributed by atoms with van der Waals surface area (Å²) < 4.78 is 52.6. The van der Waals surface area contributed by atoms with Crippen molar-refractivity contribution in [3.05, 3.63) is 73.5 Å². The Hall–Kier alpha value is -2.83. The van der Waals surface area contributed by atoms with Crippen molar-refractivity contribution in [2.24, 2.45) is 0 Å². The Morgan fingerprint density at radius 3 is 2.17 bits per heavy atom. The molecule has 0 heterocycles. The molecule has 3 aromatic rings. The van der Waals surface area contributed by atoms with E-state index in [0.717, 1.165) is 9.13 Å². The zero-order valence-electron chi connectivity index (χ0n) is 20.3.